The number of hydrogen-bond acceptors (Lipinski definition) is 3. The minimum absolute atomic E-state index is 0.0904. The highest BCUT2D eigenvalue weighted by Gasteiger charge is 2.30. The molecule has 1 aliphatic carbocycles. The number of nitrogens with zero attached hydrogens (tertiary/aromatic N) is 1. The molecule has 1 aromatic carbocycles. The Morgan fingerprint density at radius 1 is 1.30 bits per heavy atom. The van der Waals surface area contributed by atoms with Crippen LogP contribution in [0.1, 0.15) is 39.0 Å². The fourth-order valence-electron chi connectivity index (χ4n) is 2.99. The largest absolute Gasteiger partial charge is 0.352 e. The van der Waals surface area contributed by atoms with Gasteiger partial charge in [0.05, 0.1) is 11.9 Å². The minimum atomic E-state index is -3.71. The zero-order valence-electron chi connectivity index (χ0n) is 13.5. The lowest BCUT2D eigenvalue weighted by molar-refractivity contribution is -0.122. The molecule has 2 rings (SSSR count). The number of sulfonamides is 1. The molecule has 0 saturated heterocycles. The van der Waals surface area contributed by atoms with Gasteiger partial charge in [0.1, 0.15) is 11.9 Å². The summed E-state index contributed by atoms with van der Waals surface area (Å²) in [5, 5.41) is 2.92. The van der Waals surface area contributed by atoms with E-state index in [1.54, 1.807) is 0 Å². The number of anilines is 1. The molecule has 0 bridgehead atoms. The summed E-state index contributed by atoms with van der Waals surface area (Å²) in [6, 6.07) is 4.41. The van der Waals surface area contributed by atoms with Gasteiger partial charge in [0, 0.05) is 6.04 Å². The first-order valence-electron chi connectivity index (χ1n) is 7.84. The monoisotopic (exact) mass is 342 g/mol. The van der Waals surface area contributed by atoms with E-state index < -0.39 is 21.9 Å². The topological polar surface area (TPSA) is 66.5 Å². The molecule has 0 spiro atoms. The van der Waals surface area contributed by atoms with E-state index in [2.05, 4.69) is 5.32 Å². The van der Waals surface area contributed by atoms with Crippen LogP contribution in [0, 0.1) is 5.82 Å². The summed E-state index contributed by atoms with van der Waals surface area (Å²) in [6.45, 7) is 1.52. The van der Waals surface area contributed by atoms with Gasteiger partial charge in [0.25, 0.3) is 0 Å². The van der Waals surface area contributed by atoms with Crippen LogP contribution in [0.3, 0.4) is 0 Å². The highest BCUT2D eigenvalue weighted by molar-refractivity contribution is 7.92. The van der Waals surface area contributed by atoms with Crippen molar-refractivity contribution >= 4 is 21.6 Å². The van der Waals surface area contributed by atoms with Crippen LogP contribution in [0.5, 0.6) is 0 Å². The van der Waals surface area contributed by atoms with Gasteiger partial charge in [0.2, 0.25) is 15.9 Å². The Bertz CT molecular complexity index is 657. The maximum absolute atomic E-state index is 13.4. The van der Waals surface area contributed by atoms with Crippen molar-refractivity contribution in [2.75, 3.05) is 10.6 Å². The highest BCUT2D eigenvalue weighted by Crippen LogP contribution is 2.23. The van der Waals surface area contributed by atoms with Crippen molar-refractivity contribution in [3.8, 4) is 0 Å². The number of hydrogen-bond donors (Lipinski definition) is 1. The van der Waals surface area contributed by atoms with E-state index in [-0.39, 0.29) is 17.6 Å². The lowest BCUT2D eigenvalue weighted by Gasteiger charge is -2.30. The molecule has 0 aromatic heterocycles. The molecule has 23 heavy (non-hydrogen) atoms. The molecule has 1 unspecified atom stereocenters. The molecule has 7 heteroatoms. The summed E-state index contributed by atoms with van der Waals surface area (Å²) in [7, 11) is -3.71. The van der Waals surface area contributed by atoms with Gasteiger partial charge in [-0.2, -0.15) is 0 Å². The van der Waals surface area contributed by atoms with Gasteiger partial charge in [-0.05, 0) is 38.0 Å². The SMILES string of the molecule is CC(C(=O)NC1CCCCC1)N(c1cccc(F)c1)S(C)(=O)=O. The molecule has 1 fully saturated rings. The number of amides is 1. The Balaban J connectivity index is 2.19. The summed E-state index contributed by atoms with van der Waals surface area (Å²) in [5.74, 6) is -0.900. The minimum Gasteiger partial charge on any atom is -0.352 e. The van der Waals surface area contributed by atoms with E-state index in [0.717, 1.165) is 42.3 Å². The van der Waals surface area contributed by atoms with Crippen LogP contribution in [0.2, 0.25) is 0 Å². The maximum atomic E-state index is 13.4. The molecule has 1 amide bonds. The Morgan fingerprint density at radius 2 is 1.96 bits per heavy atom. The van der Waals surface area contributed by atoms with Crippen molar-refractivity contribution in [3.63, 3.8) is 0 Å². The Morgan fingerprint density at radius 3 is 2.52 bits per heavy atom. The number of nitrogens with one attached hydrogen (secondary N) is 1. The van der Waals surface area contributed by atoms with Crippen LogP contribution < -0.4 is 9.62 Å². The highest BCUT2D eigenvalue weighted by atomic mass is 32.2. The second-order valence-electron chi connectivity index (χ2n) is 6.06. The van der Waals surface area contributed by atoms with Crippen LogP contribution in [0.15, 0.2) is 24.3 Å². The van der Waals surface area contributed by atoms with Gasteiger partial charge < -0.3 is 5.32 Å². The molecule has 1 aromatic rings. The predicted octanol–water partition coefficient (Wildman–Crippen LogP) is 2.43. The van der Waals surface area contributed by atoms with E-state index in [4.69, 9.17) is 0 Å². The van der Waals surface area contributed by atoms with Crippen molar-refractivity contribution in [1.82, 2.24) is 5.32 Å². The van der Waals surface area contributed by atoms with Gasteiger partial charge in [-0.25, -0.2) is 12.8 Å². The lowest BCUT2D eigenvalue weighted by atomic mass is 9.95. The molecule has 1 N–H and O–H groups in total. The summed E-state index contributed by atoms with van der Waals surface area (Å²) < 4.78 is 38.6. The summed E-state index contributed by atoms with van der Waals surface area (Å²) in [6.07, 6.45) is 6.15. The second kappa shape index (κ2) is 7.29. The molecular formula is C16H23FN2O3S. The Hall–Kier alpha value is -1.63. The molecule has 1 atom stereocenters. The van der Waals surface area contributed by atoms with Crippen molar-refractivity contribution in [1.29, 1.82) is 0 Å². The van der Waals surface area contributed by atoms with Crippen molar-refractivity contribution in [3.05, 3.63) is 30.1 Å². The molecule has 1 aliphatic rings. The average Bonchev–Trinajstić information content (AvgIpc) is 2.47. The molecular weight excluding hydrogens is 319 g/mol. The van der Waals surface area contributed by atoms with Gasteiger partial charge >= 0.3 is 0 Å². The molecule has 1 saturated carbocycles. The van der Waals surface area contributed by atoms with Crippen molar-refractivity contribution < 1.29 is 17.6 Å². The first kappa shape index (κ1) is 17.7. The van der Waals surface area contributed by atoms with Crippen LogP contribution >= 0.6 is 0 Å². The fourth-order valence-corrected chi connectivity index (χ4v) is 4.16. The third-order valence-electron chi connectivity index (χ3n) is 4.10. The van der Waals surface area contributed by atoms with Crippen molar-refractivity contribution in [2.24, 2.45) is 0 Å². The zero-order valence-corrected chi connectivity index (χ0v) is 14.3. The van der Waals surface area contributed by atoms with Crippen LogP contribution in [-0.4, -0.2) is 32.7 Å². The quantitative estimate of drug-likeness (QED) is 0.894. The van der Waals surface area contributed by atoms with Gasteiger partial charge in [-0.15, -0.1) is 0 Å². The lowest BCUT2D eigenvalue weighted by Crippen LogP contribution is -2.50. The van der Waals surface area contributed by atoms with E-state index in [0.29, 0.717) is 0 Å². The molecule has 0 radical (unpaired) electrons. The second-order valence-corrected chi connectivity index (χ2v) is 7.92. The van der Waals surface area contributed by atoms with Gasteiger partial charge in [-0.3, -0.25) is 9.10 Å². The standard InChI is InChI=1S/C16H23FN2O3S/c1-12(16(20)18-14-8-4-3-5-9-14)19(23(2,21)22)15-10-6-7-13(17)11-15/h6-7,10-12,14H,3-5,8-9H2,1-2H3,(H,18,20). The van der Waals surface area contributed by atoms with E-state index >= 15 is 0 Å². The molecule has 128 valence electrons. The van der Waals surface area contributed by atoms with Gasteiger partial charge in [0.15, 0.2) is 0 Å². The first-order chi connectivity index (χ1) is 10.8. The van der Waals surface area contributed by atoms with Crippen LogP contribution in [0.4, 0.5) is 10.1 Å². The maximum Gasteiger partial charge on any atom is 0.243 e. The van der Waals surface area contributed by atoms with E-state index in [9.17, 15) is 17.6 Å². The first-order valence-corrected chi connectivity index (χ1v) is 9.69. The zero-order chi connectivity index (χ0) is 17.0. The number of carbonyl (C=O) groups is 1. The number of rotatable bonds is 5. The van der Waals surface area contributed by atoms with Crippen LogP contribution in [-0.2, 0) is 14.8 Å². The summed E-state index contributed by atoms with van der Waals surface area (Å²) >= 11 is 0. The smallest absolute Gasteiger partial charge is 0.243 e. The summed E-state index contributed by atoms with van der Waals surface area (Å²) in [5.41, 5.74) is 0.152. The summed E-state index contributed by atoms with van der Waals surface area (Å²) in [4.78, 5) is 12.4. The third-order valence-corrected chi connectivity index (χ3v) is 5.34. The van der Waals surface area contributed by atoms with Gasteiger partial charge in [-0.1, -0.05) is 25.3 Å². The normalized spacial score (nSPS) is 17.5. The predicted molar refractivity (Wildman–Crippen MR) is 88.2 cm³/mol. The number of benzene rings is 1. The molecule has 5 nitrogen and oxygen atoms in total. The third kappa shape index (κ3) is 4.67. The van der Waals surface area contributed by atoms with Crippen LogP contribution in [0.25, 0.3) is 0 Å². The average molecular weight is 342 g/mol. The molecule has 0 aliphatic heterocycles. The van der Waals surface area contributed by atoms with Crippen molar-refractivity contribution in [2.45, 2.75) is 51.1 Å². The van der Waals surface area contributed by atoms with E-state index in [1.165, 1.54) is 31.5 Å². The number of carbonyl (C=O) groups excluding carboxylic acids is 1. The Labute approximate surface area is 136 Å². The Kier molecular flexibility index (Phi) is 5.62. The van der Waals surface area contributed by atoms with E-state index in [1.807, 2.05) is 0 Å². The fraction of sp³-hybridized carbons (Fsp3) is 0.562. The number of halogens is 1. The molecule has 0 heterocycles.